The number of tetrazole rings is 1. The van der Waals surface area contributed by atoms with Gasteiger partial charge in [0, 0.05) is 18.9 Å². The van der Waals surface area contributed by atoms with E-state index in [2.05, 4.69) is 34.7 Å². The lowest BCUT2D eigenvalue weighted by Crippen LogP contribution is -2.20. The minimum Gasteiger partial charge on any atom is -0.384 e. The fourth-order valence-electron chi connectivity index (χ4n) is 1.23. The highest BCUT2D eigenvalue weighted by molar-refractivity contribution is 7.99. The zero-order chi connectivity index (χ0) is 11.8. The van der Waals surface area contributed by atoms with Crippen LogP contribution in [-0.2, 0) is 11.3 Å². The van der Waals surface area contributed by atoms with Gasteiger partial charge in [-0.2, -0.15) is 0 Å². The molecule has 0 aliphatic carbocycles. The van der Waals surface area contributed by atoms with E-state index in [1.54, 1.807) is 18.9 Å². The molecule has 1 aromatic heterocycles. The molecule has 7 heteroatoms. The molecule has 1 aromatic rings. The number of likely N-dealkylation sites (N-methyl/N-ethyl adjacent to an activating group) is 1. The number of rotatable bonds is 8. The number of nitrogens with one attached hydrogen (secondary N) is 1. The maximum Gasteiger partial charge on any atom is 0.209 e. The van der Waals surface area contributed by atoms with Crippen LogP contribution in [0.1, 0.15) is 13.8 Å². The molecule has 0 aliphatic rings. The lowest BCUT2D eigenvalue weighted by atomic mass is 10.5. The van der Waals surface area contributed by atoms with Crippen molar-refractivity contribution in [1.82, 2.24) is 25.5 Å². The van der Waals surface area contributed by atoms with E-state index < -0.39 is 0 Å². The summed E-state index contributed by atoms with van der Waals surface area (Å²) in [5.74, 6) is 0. The van der Waals surface area contributed by atoms with Crippen molar-refractivity contribution in [3.8, 4) is 0 Å². The fraction of sp³-hybridized carbons (Fsp3) is 0.889. The Kier molecular flexibility index (Phi) is 6.36. The van der Waals surface area contributed by atoms with Gasteiger partial charge in [-0.05, 0) is 17.0 Å². The minimum absolute atomic E-state index is 0.355. The number of ether oxygens (including phenoxy) is 1. The van der Waals surface area contributed by atoms with Gasteiger partial charge in [0.25, 0.3) is 0 Å². The topological polar surface area (TPSA) is 64.9 Å². The summed E-state index contributed by atoms with van der Waals surface area (Å²) >= 11 is 1.63. The van der Waals surface area contributed by atoms with Gasteiger partial charge in [-0.1, -0.05) is 25.6 Å². The number of methoxy groups -OCH3 is 1. The van der Waals surface area contributed by atoms with Crippen LogP contribution in [0, 0.1) is 0 Å². The Morgan fingerprint density at radius 3 is 3.06 bits per heavy atom. The first-order valence-corrected chi connectivity index (χ1v) is 6.28. The van der Waals surface area contributed by atoms with Crippen LogP contribution in [0.4, 0.5) is 0 Å². The number of thioether (sulfide) groups is 1. The molecule has 0 fully saturated rings. The lowest BCUT2D eigenvalue weighted by molar-refractivity contribution is 0.203. The molecule has 16 heavy (non-hydrogen) atoms. The summed E-state index contributed by atoms with van der Waals surface area (Å²) in [5.41, 5.74) is 0. The maximum absolute atomic E-state index is 5.08. The molecular formula is C9H19N5OS. The second-order valence-corrected chi connectivity index (χ2v) is 4.83. The van der Waals surface area contributed by atoms with Gasteiger partial charge in [-0.25, -0.2) is 4.68 Å². The van der Waals surface area contributed by atoms with E-state index in [0.717, 1.165) is 24.8 Å². The van der Waals surface area contributed by atoms with E-state index in [1.165, 1.54) is 0 Å². The molecule has 1 heterocycles. The highest BCUT2D eigenvalue weighted by atomic mass is 32.2. The average Bonchev–Trinajstić information content (AvgIpc) is 2.66. The van der Waals surface area contributed by atoms with Crippen molar-refractivity contribution < 1.29 is 4.74 Å². The van der Waals surface area contributed by atoms with Crippen LogP contribution in [0.3, 0.4) is 0 Å². The lowest BCUT2D eigenvalue weighted by Gasteiger charge is -2.09. The third kappa shape index (κ3) is 4.46. The molecule has 6 nitrogen and oxygen atoms in total. The number of nitrogens with zero attached hydrogens (tertiary/aromatic N) is 4. The van der Waals surface area contributed by atoms with Crippen LogP contribution in [-0.4, -0.2) is 52.3 Å². The van der Waals surface area contributed by atoms with Crippen LogP contribution in [0.5, 0.6) is 0 Å². The first-order chi connectivity index (χ1) is 7.77. The smallest absolute Gasteiger partial charge is 0.209 e. The van der Waals surface area contributed by atoms with Crippen LogP contribution in [0.25, 0.3) is 0 Å². The van der Waals surface area contributed by atoms with Crippen molar-refractivity contribution >= 4 is 11.8 Å². The highest BCUT2D eigenvalue weighted by Gasteiger charge is 2.11. The van der Waals surface area contributed by atoms with Crippen LogP contribution >= 0.6 is 11.8 Å². The monoisotopic (exact) mass is 245 g/mol. The molecular weight excluding hydrogens is 226 g/mol. The van der Waals surface area contributed by atoms with Crippen molar-refractivity contribution in [1.29, 1.82) is 0 Å². The van der Waals surface area contributed by atoms with Gasteiger partial charge in [0.05, 0.1) is 13.2 Å². The molecule has 0 amide bonds. The van der Waals surface area contributed by atoms with E-state index in [1.807, 2.05) is 4.68 Å². The molecule has 0 aliphatic heterocycles. The molecule has 1 unspecified atom stereocenters. The largest absolute Gasteiger partial charge is 0.384 e. The molecule has 0 bridgehead atoms. The molecule has 0 saturated heterocycles. The summed E-state index contributed by atoms with van der Waals surface area (Å²) in [6.45, 7) is 7.51. The van der Waals surface area contributed by atoms with Crippen molar-refractivity contribution in [2.75, 3.05) is 26.8 Å². The third-order valence-corrected chi connectivity index (χ3v) is 3.00. The van der Waals surface area contributed by atoms with Crippen molar-refractivity contribution in [2.45, 2.75) is 30.8 Å². The Hall–Kier alpha value is -0.660. The first kappa shape index (κ1) is 13.4. The van der Waals surface area contributed by atoms with Crippen LogP contribution in [0.15, 0.2) is 5.16 Å². The fourth-order valence-corrected chi connectivity index (χ4v) is 2.13. The van der Waals surface area contributed by atoms with Gasteiger partial charge in [0.1, 0.15) is 0 Å². The zero-order valence-electron chi connectivity index (χ0n) is 10.0. The molecule has 1 N–H and O–H groups in total. The Balaban J connectivity index is 2.43. The zero-order valence-corrected chi connectivity index (χ0v) is 10.8. The summed E-state index contributed by atoms with van der Waals surface area (Å²) in [6.07, 6.45) is 0. The summed E-state index contributed by atoms with van der Waals surface area (Å²) in [4.78, 5) is 0. The van der Waals surface area contributed by atoms with E-state index >= 15 is 0 Å². The van der Waals surface area contributed by atoms with E-state index in [-0.39, 0.29) is 0 Å². The highest BCUT2D eigenvalue weighted by Crippen LogP contribution is 2.19. The predicted octanol–water partition coefficient (Wildman–Crippen LogP) is 0.410. The average molecular weight is 245 g/mol. The van der Waals surface area contributed by atoms with Gasteiger partial charge in [-0.3, -0.25) is 0 Å². The normalized spacial score (nSPS) is 12.9. The Morgan fingerprint density at radius 1 is 1.56 bits per heavy atom. The molecule has 0 spiro atoms. The van der Waals surface area contributed by atoms with Gasteiger partial charge in [0.2, 0.25) is 5.16 Å². The quantitative estimate of drug-likeness (QED) is 0.528. The summed E-state index contributed by atoms with van der Waals surface area (Å²) in [6, 6.07) is 0. The van der Waals surface area contributed by atoms with E-state index in [0.29, 0.717) is 11.9 Å². The molecule has 0 saturated carbocycles. The molecule has 92 valence electrons. The number of aromatic nitrogens is 4. The van der Waals surface area contributed by atoms with Crippen LogP contribution in [0.2, 0.25) is 0 Å². The number of hydrogen-bond donors (Lipinski definition) is 1. The van der Waals surface area contributed by atoms with Gasteiger partial charge in [0.15, 0.2) is 0 Å². The summed E-state index contributed by atoms with van der Waals surface area (Å²) in [5, 5.41) is 16.1. The first-order valence-electron chi connectivity index (χ1n) is 5.40. The molecule has 0 radical (unpaired) electrons. The maximum atomic E-state index is 5.08. The predicted molar refractivity (Wildman–Crippen MR) is 63.6 cm³/mol. The Bertz CT molecular complexity index is 293. The van der Waals surface area contributed by atoms with Gasteiger partial charge < -0.3 is 10.1 Å². The SMILES string of the molecule is CCNCCn1nnnc1SC(C)COC. The molecule has 0 aromatic carbocycles. The third-order valence-electron chi connectivity index (χ3n) is 1.96. The summed E-state index contributed by atoms with van der Waals surface area (Å²) in [7, 11) is 1.70. The molecule has 1 atom stereocenters. The van der Waals surface area contributed by atoms with Crippen molar-refractivity contribution in [2.24, 2.45) is 0 Å². The molecule has 1 rings (SSSR count). The van der Waals surface area contributed by atoms with E-state index in [4.69, 9.17) is 4.74 Å². The standard InChI is InChI=1S/C9H19N5OS/c1-4-10-5-6-14-9(11-12-13-14)16-8(2)7-15-3/h8,10H,4-7H2,1-3H3. The Labute approximate surface area is 100 Å². The second-order valence-electron chi connectivity index (χ2n) is 3.42. The van der Waals surface area contributed by atoms with E-state index in [9.17, 15) is 0 Å². The van der Waals surface area contributed by atoms with Crippen molar-refractivity contribution in [3.63, 3.8) is 0 Å². The van der Waals surface area contributed by atoms with Crippen LogP contribution < -0.4 is 5.32 Å². The van der Waals surface area contributed by atoms with Gasteiger partial charge in [-0.15, -0.1) is 5.10 Å². The summed E-state index contributed by atoms with van der Waals surface area (Å²) < 4.78 is 6.90. The van der Waals surface area contributed by atoms with Crippen molar-refractivity contribution in [3.05, 3.63) is 0 Å². The number of hydrogen-bond acceptors (Lipinski definition) is 6. The second kappa shape index (κ2) is 7.59. The Morgan fingerprint density at radius 2 is 2.38 bits per heavy atom. The van der Waals surface area contributed by atoms with Gasteiger partial charge >= 0.3 is 0 Å². The minimum atomic E-state index is 0.355.